The lowest BCUT2D eigenvalue weighted by molar-refractivity contribution is 0.337. The summed E-state index contributed by atoms with van der Waals surface area (Å²) in [5.74, 6) is 0.300. The van der Waals surface area contributed by atoms with Crippen LogP contribution in [0.15, 0.2) is 18.2 Å². The van der Waals surface area contributed by atoms with Crippen molar-refractivity contribution in [2.24, 2.45) is 11.3 Å². The van der Waals surface area contributed by atoms with Gasteiger partial charge in [0.1, 0.15) is 11.6 Å². The van der Waals surface area contributed by atoms with E-state index in [9.17, 15) is 9.50 Å². The minimum Gasteiger partial charge on any atom is -0.508 e. The van der Waals surface area contributed by atoms with Crippen molar-refractivity contribution in [1.29, 1.82) is 0 Å². The minimum absolute atomic E-state index is 0.00760. The van der Waals surface area contributed by atoms with Crippen LogP contribution < -0.4 is 5.32 Å². The van der Waals surface area contributed by atoms with Crippen LogP contribution in [-0.4, -0.2) is 11.7 Å². The molecule has 1 aliphatic rings. The van der Waals surface area contributed by atoms with Gasteiger partial charge in [0.2, 0.25) is 0 Å². The van der Waals surface area contributed by atoms with E-state index >= 15 is 0 Å². The normalized spacial score (nSPS) is 17.4. The Morgan fingerprint density at radius 2 is 2.06 bits per heavy atom. The van der Waals surface area contributed by atoms with Crippen molar-refractivity contribution in [3.8, 4) is 5.75 Å². The first-order valence-electron chi connectivity index (χ1n) is 6.21. The van der Waals surface area contributed by atoms with E-state index in [1.807, 2.05) is 0 Å². The predicted molar refractivity (Wildman–Crippen MR) is 66.3 cm³/mol. The summed E-state index contributed by atoms with van der Waals surface area (Å²) < 4.78 is 13.0. The number of phenols is 1. The number of aromatic hydroxyl groups is 1. The van der Waals surface area contributed by atoms with E-state index in [0.29, 0.717) is 17.9 Å². The molecular formula is C14H20FNO. The fourth-order valence-electron chi connectivity index (χ4n) is 2.31. The van der Waals surface area contributed by atoms with Crippen LogP contribution in [0, 0.1) is 17.2 Å². The summed E-state index contributed by atoms with van der Waals surface area (Å²) in [5.41, 5.74) is 1.25. The third-order valence-corrected chi connectivity index (χ3v) is 3.87. The molecule has 1 saturated carbocycles. The molecule has 1 aromatic rings. The van der Waals surface area contributed by atoms with Gasteiger partial charge in [-0.15, -0.1) is 0 Å². The van der Waals surface area contributed by atoms with Crippen molar-refractivity contribution in [3.63, 3.8) is 0 Å². The van der Waals surface area contributed by atoms with Crippen molar-refractivity contribution in [2.45, 2.75) is 33.2 Å². The Kier molecular flexibility index (Phi) is 3.38. The molecule has 0 bridgehead atoms. The molecule has 0 spiro atoms. The highest BCUT2D eigenvalue weighted by Gasteiger charge is 2.44. The zero-order chi connectivity index (χ0) is 12.5. The van der Waals surface area contributed by atoms with E-state index in [4.69, 9.17) is 0 Å². The second-order valence-corrected chi connectivity index (χ2v) is 5.44. The fraction of sp³-hybridized carbons (Fsp3) is 0.571. The maximum Gasteiger partial charge on any atom is 0.127 e. The first-order chi connectivity index (χ1) is 8.02. The lowest BCUT2D eigenvalue weighted by atomic mass is 9.92. The SMILES string of the molecule is CC(C)C1(CNCc2cc(O)cc(F)c2)CC1. The van der Waals surface area contributed by atoms with Crippen molar-refractivity contribution in [1.82, 2.24) is 5.32 Å². The van der Waals surface area contributed by atoms with Crippen LogP contribution in [0.25, 0.3) is 0 Å². The molecule has 0 aromatic heterocycles. The van der Waals surface area contributed by atoms with Crippen LogP contribution in [0.2, 0.25) is 0 Å². The zero-order valence-electron chi connectivity index (χ0n) is 10.5. The molecule has 0 unspecified atom stereocenters. The first kappa shape index (κ1) is 12.4. The minimum atomic E-state index is -0.383. The Balaban J connectivity index is 1.86. The van der Waals surface area contributed by atoms with Gasteiger partial charge in [0, 0.05) is 19.2 Å². The maximum absolute atomic E-state index is 13.0. The average molecular weight is 237 g/mol. The summed E-state index contributed by atoms with van der Waals surface area (Å²) >= 11 is 0. The smallest absolute Gasteiger partial charge is 0.127 e. The fourth-order valence-corrected chi connectivity index (χ4v) is 2.31. The van der Waals surface area contributed by atoms with Crippen LogP contribution in [0.5, 0.6) is 5.75 Å². The highest BCUT2D eigenvalue weighted by atomic mass is 19.1. The highest BCUT2D eigenvalue weighted by molar-refractivity contribution is 5.28. The molecule has 0 atom stereocenters. The summed E-state index contributed by atoms with van der Waals surface area (Å²) in [6.45, 7) is 6.09. The summed E-state index contributed by atoms with van der Waals surface area (Å²) in [4.78, 5) is 0. The lowest BCUT2D eigenvalue weighted by Gasteiger charge is -2.20. The van der Waals surface area contributed by atoms with Crippen molar-refractivity contribution < 1.29 is 9.50 Å². The van der Waals surface area contributed by atoms with Gasteiger partial charge in [-0.3, -0.25) is 0 Å². The first-order valence-corrected chi connectivity index (χ1v) is 6.21. The monoisotopic (exact) mass is 237 g/mol. The number of hydrogen-bond donors (Lipinski definition) is 2. The van der Waals surface area contributed by atoms with Crippen LogP contribution >= 0.6 is 0 Å². The Morgan fingerprint density at radius 3 is 2.59 bits per heavy atom. The Morgan fingerprint density at radius 1 is 1.35 bits per heavy atom. The second kappa shape index (κ2) is 4.65. The van der Waals surface area contributed by atoms with Gasteiger partial charge < -0.3 is 10.4 Å². The average Bonchev–Trinajstić information content (AvgIpc) is 2.97. The van der Waals surface area contributed by atoms with Crippen LogP contribution in [-0.2, 0) is 6.54 Å². The van der Waals surface area contributed by atoms with Gasteiger partial charge >= 0.3 is 0 Å². The Hall–Kier alpha value is -1.09. The van der Waals surface area contributed by atoms with Crippen molar-refractivity contribution in [3.05, 3.63) is 29.6 Å². The summed E-state index contributed by atoms with van der Waals surface area (Å²) in [6.07, 6.45) is 2.57. The molecule has 0 aliphatic heterocycles. The molecule has 1 aromatic carbocycles. The molecule has 2 nitrogen and oxygen atoms in total. The van der Waals surface area contributed by atoms with Crippen molar-refractivity contribution >= 4 is 0 Å². The van der Waals surface area contributed by atoms with Gasteiger partial charge in [-0.25, -0.2) is 4.39 Å². The molecule has 2 rings (SSSR count). The Labute approximate surface area is 102 Å². The molecule has 1 fully saturated rings. The number of hydrogen-bond acceptors (Lipinski definition) is 2. The van der Waals surface area contributed by atoms with E-state index < -0.39 is 0 Å². The zero-order valence-corrected chi connectivity index (χ0v) is 10.5. The maximum atomic E-state index is 13.0. The largest absolute Gasteiger partial charge is 0.508 e. The third-order valence-electron chi connectivity index (χ3n) is 3.87. The molecule has 0 amide bonds. The summed E-state index contributed by atoms with van der Waals surface area (Å²) in [5, 5.41) is 12.6. The van der Waals surface area contributed by atoms with Gasteiger partial charge in [0.05, 0.1) is 0 Å². The molecule has 94 valence electrons. The quantitative estimate of drug-likeness (QED) is 0.825. The molecule has 3 heteroatoms. The third kappa shape index (κ3) is 2.97. The molecule has 0 heterocycles. The molecule has 2 N–H and O–H groups in total. The van der Waals surface area contributed by atoms with E-state index in [1.165, 1.54) is 18.9 Å². The van der Waals surface area contributed by atoms with E-state index in [0.717, 1.165) is 18.2 Å². The van der Waals surface area contributed by atoms with Gasteiger partial charge in [-0.2, -0.15) is 0 Å². The molecular weight excluding hydrogens is 217 g/mol. The van der Waals surface area contributed by atoms with Crippen LogP contribution in [0.3, 0.4) is 0 Å². The van der Waals surface area contributed by atoms with Crippen LogP contribution in [0.4, 0.5) is 4.39 Å². The van der Waals surface area contributed by atoms with Crippen molar-refractivity contribution in [2.75, 3.05) is 6.54 Å². The highest BCUT2D eigenvalue weighted by Crippen LogP contribution is 2.51. The molecule has 1 aliphatic carbocycles. The van der Waals surface area contributed by atoms with E-state index in [2.05, 4.69) is 19.2 Å². The number of halogens is 1. The standard InChI is InChI=1S/C14H20FNO/c1-10(2)14(3-4-14)9-16-8-11-5-12(15)7-13(17)6-11/h5-7,10,16-17H,3-4,8-9H2,1-2H3. The second-order valence-electron chi connectivity index (χ2n) is 5.44. The van der Waals surface area contributed by atoms with Gasteiger partial charge in [0.25, 0.3) is 0 Å². The van der Waals surface area contributed by atoms with E-state index in [-0.39, 0.29) is 11.6 Å². The Bertz CT molecular complexity index is 379. The predicted octanol–water partition coefficient (Wildman–Crippen LogP) is 3.06. The van der Waals surface area contributed by atoms with Crippen LogP contribution in [0.1, 0.15) is 32.3 Å². The molecule has 0 radical (unpaired) electrons. The molecule has 17 heavy (non-hydrogen) atoms. The molecule has 0 saturated heterocycles. The lowest BCUT2D eigenvalue weighted by Crippen LogP contribution is -2.27. The van der Waals surface area contributed by atoms with Gasteiger partial charge in [-0.1, -0.05) is 13.8 Å². The number of rotatable bonds is 5. The topological polar surface area (TPSA) is 32.3 Å². The van der Waals surface area contributed by atoms with Gasteiger partial charge in [-0.05, 0) is 41.9 Å². The van der Waals surface area contributed by atoms with Gasteiger partial charge in [0.15, 0.2) is 0 Å². The van der Waals surface area contributed by atoms with E-state index in [1.54, 1.807) is 6.07 Å². The number of benzene rings is 1. The number of nitrogens with one attached hydrogen (secondary N) is 1. The summed E-state index contributed by atoms with van der Waals surface area (Å²) in [6, 6.07) is 4.19. The number of phenolic OH excluding ortho intramolecular Hbond substituents is 1. The summed E-state index contributed by atoms with van der Waals surface area (Å²) in [7, 11) is 0.